The fraction of sp³-hybridized carbons (Fsp3) is 0.250. The third-order valence-corrected chi connectivity index (χ3v) is 5.91. The van der Waals surface area contributed by atoms with Gasteiger partial charge in [-0.3, -0.25) is 14.4 Å². The normalized spacial score (nSPS) is 12.0. The van der Waals surface area contributed by atoms with Crippen LogP contribution >= 0.6 is 0 Å². The molecule has 0 spiro atoms. The number of rotatable bonds is 12. The average molecular weight is 587 g/mol. The fourth-order valence-corrected chi connectivity index (χ4v) is 3.95. The molecule has 0 saturated carbocycles. The molecular weight excluding hydrogens is 560 g/mol. The number of carbonyl (C=O) groups excluding carboxylic acids is 2. The molecule has 10 nitrogen and oxygen atoms in total. The lowest BCUT2D eigenvalue weighted by Crippen LogP contribution is -2.24. The number of halogens is 4. The van der Waals surface area contributed by atoms with Crippen LogP contribution in [0.5, 0.6) is 5.75 Å². The predicted molar refractivity (Wildman–Crippen MR) is 143 cm³/mol. The Bertz CT molecular complexity index is 1570. The van der Waals surface area contributed by atoms with Crippen molar-refractivity contribution in [3.8, 4) is 5.75 Å². The van der Waals surface area contributed by atoms with E-state index < -0.39 is 29.7 Å². The Hall–Kier alpha value is -5.01. The molecule has 2 N–H and O–H groups in total. The minimum Gasteiger partial charge on any atom is -0.406 e. The largest absolute Gasteiger partial charge is 0.573 e. The summed E-state index contributed by atoms with van der Waals surface area (Å²) in [7, 11) is 0. The first-order valence-electron chi connectivity index (χ1n) is 12.8. The van der Waals surface area contributed by atoms with E-state index in [1.807, 2.05) is 30.3 Å². The summed E-state index contributed by atoms with van der Waals surface area (Å²) in [6.45, 7) is -0.256. The number of aromatic nitrogens is 4. The first-order chi connectivity index (χ1) is 20.0. The van der Waals surface area contributed by atoms with Gasteiger partial charge in [-0.1, -0.05) is 47.7 Å². The second-order valence-electron chi connectivity index (χ2n) is 9.25. The van der Waals surface area contributed by atoms with Gasteiger partial charge in [-0.05, 0) is 35.7 Å². The number of pyridine rings is 1. The molecule has 2 aromatic heterocycles. The van der Waals surface area contributed by atoms with Crippen LogP contribution in [0.1, 0.15) is 28.0 Å². The zero-order valence-electron chi connectivity index (χ0n) is 22.1. The minimum atomic E-state index is -4.84. The van der Waals surface area contributed by atoms with Crippen molar-refractivity contribution in [2.75, 3.05) is 5.32 Å². The highest BCUT2D eigenvalue weighted by Gasteiger charge is 2.31. The van der Waals surface area contributed by atoms with E-state index in [1.54, 1.807) is 6.07 Å². The first-order valence-corrected chi connectivity index (χ1v) is 12.8. The lowest BCUT2D eigenvalue weighted by molar-refractivity contribution is -0.274. The molecule has 0 aliphatic carbocycles. The summed E-state index contributed by atoms with van der Waals surface area (Å²) in [5, 5.41) is 12.6. The van der Waals surface area contributed by atoms with Crippen molar-refractivity contribution < 1.29 is 31.9 Å². The molecule has 1 atom stereocenters. The molecule has 4 aromatic rings. The molecule has 0 aliphatic rings. The Morgan fingerprint density at radius 3 is 2.50 bits per heavy atom. The second-order valence-corrected chi connectivity index (χ2v) is 9.25. The maximum absolute atomic E-state index is 14.6. The second kappa shape index (κ2) is 13.6. The Labute approximate surface area is 236 Å². The number of alkyl halides is 4. The smallest absolute Gasteiger partial charge is 0.406 e. The van der Waals surface area contributed by atoms with Gasteiger partial charge in [0.25, 0.3) is 11.5 Å². The van der Waals surface area contributed by atoms with Crippen LogP contribution in [0.2, 0.25) is 0 Å². The van der Waals surface area contributed by atoms with Gasteiger partial charge < -0.3 is 19.9 Å². The van der Waals surface area contributed by atoms with Gasteiger partial charge in [0, 0.05) is 31.0 Å². The van der Waals surface area contributed by atoms with E-state index in [9.17, 15) is 31.9 Å². The maximum atomic E-state index is 14.6. The van der Waals surface area contributed by atoms with Crippen molar-refractivity contribution in [3.63, 3.8) is 0 Å². The molecule has 14 heteroatoms. The van der Waals surface area contributed by atoms with Crippen molar-refractivity contribution >= 4 is 17.5 Å². The molecule has 2 heterocycles. The summed E-state index contributed by atoms with van der Waals surface area (Å²) in [6.07, 6.45) is -3.42. The summed E-state index contributed by atoms with van der Waals surface area (Å²) in [4.78, 5) is 37.0. The first kappa shape index (κ1) is 30.0. The molecule has 220 valence electrons. The van der Waals surface area contributed by atoms with Crippen LogP contribution in [0.15, 0.2) is 83.9 Å². The SMILES string of the molecule is O=C(Cc1ccccc1)Nc1ccn(CC[C@H](F)Cn2cc(C(=O)NCc3cccc(OC(F)(F)F)c3)nn2)c(=O)c1. The Kier molecular flexibility index (Phi) is 9.68. The summed E-state index contributed by atoms with van der Waals surface area (Å²) in [5.41, 5.74) is 1.02. The summed E-state index contributed by atoms with van der Waals surface area (Å²) < 4.78 is 58.2. The van der Waals surface area contributed by atoms with Crippen molar-refractivity contribution in [2.45, 2.75) is 45.0 Å². The minimum absolute atomic E-state index is 0.0304. The highest BCUT2D eigenvalue weighted by Crippen LogP contribution is 2.23. The van der Waals surface area contributed by atoms with E-state index >= 15 is 0 Å². The van der Waals surface area contributed by atoms with Gasteiger partial charge >= 0.3 is 6.36 Å². The molecule has 0 radical (unpaired) electrons. The number of benzene rings is 2. The van der Waals surface area contributed by atoms with E-state index in [4.69, 9.17) is 0 Å². The van der Waals surface area contributed by atoms with Crippen LogP contribution in [0, 0.1) is 0 Å². The molecule has 2 aromatic carbocycles. The topological polar surface area (TPSA) is 120 Å². The fourth-order valence-electron chi connectivity index (χ4n) is 3.95. The lowest BCUT2D eigenvalue weighted by atomic mass is 10.1. The van der Waals surface area contributed by atoms with Gasteiger partial charge in [0.1, 0.15) is 11.9 Å². The van der Waals surface area contributed by atoms with Crippen molar-refractivity contribution in [3.05, 3.63) is 106 Å². The zero-order valence-corrected chi connectivity index (χ0v) is 22.1. The number of carbonyl (C=O) groups is 2. The number of amides is 2. The van der Waals surface area contributed by atoms with Crippen molar-refractivity contribution in [1.29, 1.82) is 0 Å². The maximum Gasteiger partial charge on any atom is 0.573 e. The molecule has 0 fully saturated rings. The molecule has 0 saturated heterocycles. The van der Waals surface area contributed by atoms with E-state index in [1.165, 1.54) is 35.2 Å². The van der Waals surface area contributed by atoms with E-state index in [0.29, 0.717) is 11.3 Å². The van der Waals surface area contributed by atoms with Crippen LogP contribution in [0.4, 0.5) is 23.2 Å². The molecule has 42 heavy (non-hydrogen) atoms. The Morgan fingerprint density at radius 2 is 1.76 bits per heavy atom. The number of aryl methyl sites for hydroxylation is 1. The van der Waals surface area contributed by atoms with E-state index in [2.05, 4.69) is 25.7 Å². The Balaban J connectivity index is 1.22. The van der Waals surface area contributed by atoms with E-state index in [0.717, 1.165) is 22.4 Å². The van der Waals surface area contributed by atoms with Crippen LogP contribution in [-0.2, 0) is 30.8 Å². The van der Waals surface area contributed by atoms with Crippen LogP contribution in [0.3, 0.4) is 0 Å². The van der Waals surface area contributed by atoms with Gasteiger partial charge in [0.05, 0.1) is 19.2 Å². The summed E-state index contributed by atoms with van der Waals surface area (Å²) in [5.74, 6) is -1.34. The Morgan fingerprint density at radius 1 is 1.00 bits per heavy atom. The van der Waals surface area contributed by atoms with E-state index in [-0.39, 0.29) is 44.1 Å². The number of nitrogens with one attached hydrogen (secondary N) is 2. The number of hydrogen-bond donors (Lipinski definition) is 2. The van der Waals surface area contributed by atoms with Crippen molar-refractivity contribution in [1.82, 2.24) is 24.9 Å². The molecule has 0 aliphatic heterocycles. The van der Waals surface area contributed by atoms with Crippen LogP contribution in [0.25, 0.3) is 0 Å². The van der Waals surface area contributed by atoms with Crippen LogP contribution in [-0.4, -0.2) is 43.9 Å². The molecular formula is C28H26F4N6O4. The quantitative estimate of drug-likeness (QED) is 0.243. The molecule has 0 unspecified atom stereocenters. The third kappa shape index (κ3) is 9.28. The third-order valence-electron chi connectivity index (χ3n) is 5.91. The van der Waals surface area contributed by atoms with Gasteiger partial charge in [-0.2, -0.15) is 0 Å². The summed E-state index contributed by atoms with van der Waals surface area (Å²) in [6, 6.07) is 17.1. The van der Waals surface area contributed by atoms with Crippen LogP contribution < -0.4 is 20.9 Å². The predicted octanol–water partition coefficient (Wildman–Crippen LogP) is 3.88. The number of anilines is 1. The van der Waals surface area contributed by atoms with Gasteiger partial charge in [-0.25, -0.2) is 9.07 Å². The van der Waals surface area contributed by atoms with Gasteiger partial charge in [0.15, 0.2) is 5.69 Å². The van der Waals surface area contributed by atoms with Gasteiger partial charge in [-0.15, -0.1) is 18.3 Å². The standard InChI is InChI=1S/C28H26F4N6O4/c29-21(9-11-37-12-10-22(15-26(37)40)34-25(39)14-19-5-2-1-3-6-19)17-38-18-24(35-36-38)27(41)33-16-20-7-4-8-23(13-20)42-28(30,31)32/h1-8,10,12-13,15,18,21H,9,11,14,16-17H2,(H,33,41)(H,34,39)/t21-/m0/s1. The molecule has 2 amide bonds. The average Bonchev–Trinajstić information content (AvgIpc) is 3.39. The van der Waals surface area contributed by atoms with Crippen molar-refractivity contribution in [2.24, 2.45) is 0 Å². The zero-order chi connectivity index (χ0) is 30.1. The number of ether oxygens (including phenoxy) is 1. The summed E-state index contributed by atoms with van der Waals surface area (Å²) >= 11 is 0. The number of nitrogens with zero attached hydrogens (tertiary/aromatic N) is 4. The number of hydrogen-bond acceptors (Lipinski definition) is 6. The lowest BCUT2D eigenvalue weighted by Gasteiger charge is -2.11. The molecule has 4 rings (SSSR count). The highest BCUT2D eigenvalue weighted by molar-refractivity contribution is 5.92. The molecule has 0 bridgehead atoms. The monoisotopic (exact) mass is 586 g/mol. The van der Waals surface area contributed by atoms with Gasteiger partial charge in [0.2, 0.25) is 5.91 Å². The highest BCUT2D eigenvalue weighted by atomic mass is 19.4.